The Bertz CT molecular complexity index is 922. The molecule has 0 heterocycles. The summed E-state index contributed by atoms with van der Waals surface area (Å²) in [5.41, 5.74) is 2.24. The SMILES string of the molecule is CCOc1ccc(C(=O)Nc2cccc(C(=O)Nc3ccccc3)c2)cc1. The van der Waals surface area contributed by atoms with Gasteiger partial charge in [0.05, 0.1) is 6.61 Å². The first-order chi connectivity index (χ1) is 13.2. The van der Waals surface area contributed by atoms with Gasteiger partial charge >= 0.3 is 0 Å². The van der Waals surface area contributed by atoms with E-state index in [9.17, 15) is 9.59 Å². The lowest BCUT2D eigenvalue weighted by Gasteiger charge is -2.09. The second kappa shape index (κ2) is 8.67. The molecule has 2 N–H and O–H groups in total. The molecular formula is C22H20N2O3. The molecule has 0 aromatic heterocycles. The molecule has 0 spiro atoms. The van der Waals surface area contributed by atoms with Crippen LogP contribution in [0.15, 0.2) is 78.9 Å². The average molecular weight is 360 g/mol. The number of amides is 2. The molecule has 0 aliphatic heterocycles. The summed E-state index contributed by atoms with van der Waals surface area (Å²) in [4.78, 5) is 24.8. The zero-order chi connectivity index (χ0) is 19.1. The van der Waals surface area contributed by atoms with Gasteiger partial charge in [-0.15, -0.1) is 0 Å². The Morgan fingerprint density at radius 2 is 1.37 bits per heavy atom. The standard InChI is InChI=1S/C22H20N2O3/c1-2-27-20-13-11-16(12-14-20)21(25)24-19-10-6-7-17(15-19)22(26)23-18-8-4-3-5-9-18/h3-15H,2H2,1H3,(H,23,26)(H,24,25). The number of nitrogens with one attached hydrogen (secondary N) is 2. The number of hydrogen-bond donors (Lipinski definition) is 2. The Morgan fingerprint density at radius 1 is 0.741 bits per heavy atom. The highest BCUT2D eigenvalue weighted by molar-refractivity contribution is 6.07. The van der Waals surface area contributed by atoms with Gasteiger partial charge in [0.1, 0.15) is 5.75 Å². The van der Waals surface area contributed by atoms with E-state index in [0.29, 0.717) is 34.9 Å². The molecule has 0 bridgehead atoms. The van der Waals surface area contributed by atoms with Gasteiger partial charge in [-0.3, -0.25) is 9.59 Å². The van der Waals surface area contributed by atoms with Crippen LogP contribution >= 0.6 is 0 Å². The third kappa shape index (κ3) is 4.95. The van der Waals surface area contributed by atoms with Gasteiger partial charge in [-0.2, -0.15) is 0 Å². The first kappa shape index (κ1) is 18.2. The molecule has 0 aliphatic carbocycles. The van der Waals surface area contributed by atoms with Crippen molar-refractivity contribution in [3.63, 3.8) is 0 Å². The Labute approximate surface area is 158 Å². The number of benzene rings is 3. The molecule has 3 rings (SSSR count). The molecule has 2 amide bonds. The smallest absolute Gasteiger partial charge is 0.255 e. The maximum Gasteiger partial charge on any atom is 0.255 e. The van der Waals surface area contributed by atoms with Crippen molar-refractivity contribution in [1.82, 2.24) is 0 Å². The zero-order valence-corrected chi connectivity index (χ0v) is 14.9. The van der Waals surface area contributed by atoms with Gasteiger partial charge in [0, 0.05) is 22.5 Å². The maximum absolute atomic E-state index is 12.4. The van der Waals surface area contributed by atoms with E-state index in [0.717, 1.165) is 0 Å². The Morgan fingerprint density at radius 3 is 2.07 bits per heavy atom. The molecule has 0 saturated heterocycles. The minimum atomic E-state index is -0.251. The van der Waals surface area contributed by atoms with E-state index < -0.39 is 0 Å². The Kier molecular flexibility index (Phi) is 5.84. The second-order valence-corrected chi connectivity index (χ2v) is 5.81. The number of hydrogen-bond acceptors (Lipinski definition) is 3. The van der Waals surface area contributed by atoms with E-state index in [1.54, 1.807) is 48.5 Å². The lowest BCUT2D eigenvalue weighted by Crippen LogP contribution is -2.14. The van der Waals surface area contributed by atoms with Gasteiger partial charge < -0.3 is 15.4 Å². The highest BCUT2D eigenvalue weighted by atomic mass is 16.5. The summed E-state index contributed by atoms with van der Waals surface area (Å²) in [6.45, 7) is 2.48. The number of carbonyl (C=O) groups is 2. The van der Waals surface area contributed by atoms with E-state index in [4.69, 9.17) is 4.74 Å². The summed E-state index contributed by atoms with van der Waals surface area (Å²) in [6, 6.07) is 22.9. The molecule has 0 atom stereocenters. The van der Waals surface area contributed by atoms with Crippen molar-refractivity contribution in [3.05, 3.63) is 90.0 Å². The highest BCUT2D eigenvalue weighted by Gasteiger charge is 2.10. The van der Waals surface area contributed by atoms with Gasteiger partial charge in [-0.25, -0.2) is 0 Å². The molecule has 0 saturated carbocycles. The van der Waals surface area contributed by atoms with Crippen molar-refractivity contribution >= 4 is 23.2 Å². The minimum Gasteiger partial charge on any atom is -0.494 e. The average Bonchev–Trinajstić information content (AvgIpc) is 2.70. The molecule has 0 radical (unpaired) electrons. The predicted molar refractivity (Wildman–Crippen MR) is 106 cm³/mol. The monoisotopic (exact) mass is 360 g/mol. The first-order valence-electron chi connectivity index (χ1n) is 8.66. The third-order valence-corrected chi connectivity index (χ3v) is 3.84. The third-order valence-electron chi connectivity index (χ3n) is 3.84. The molecule has 3 aromatic carbocycles. The topological polar surface area (TPSA) is 67.4 Å². The van der Waals surface area contributed by atoms with E-state index in [1.807, 2.05) is 37.3 Å². The lowest BCUT2D eigenvalue weighted by atomic mass is 10.1. The van der Waals surface area contributed by atoms with Crippen LogP contribution in [0.2, 0.25) is 0 Å². The van der Waals surface area contributed by atoms with Gasteiger partial charge in [-0.05, 0) is 61.5 Å². The predicted octanol–water partition coefficient (Wildman–Crippen LogP) is 4.59. The minimum absolute atomic E-state index is 0.238. The van der Waals surface area contributed by atoms with Crippen LogP contribution in [-0.4, -0.2) is 18.4 Å². The number of para-hydroxylation sites is 1. The van der Waals surface area contributed by atoms with Gasteiger partial charge in [0.2, 0.25) is 0 Å². The Balaban J connectivity index is 1.68. The number of carbonyl (C=O) groups excluding carboxylic acids is 2. The summed E-state index contributed by atoms with van der Waals surface area (Å²) in [6.07, 6.45) is 0. The van der Waals surface area contributed by atoms with Gasteiger partial charge in [-0.1, -0.05) is 24.3 Å². The van der Waals surface area contributed by atoms with Gasteiger partial charge in [0.15, 0.2) is 0 Å². The van der Waals surface area contributed by atoms with Crippen molar-refractivity contribution in [2.75, 3.05) is 17.2 Å². The largest absolute Gasteiger partial charge is 0.494 e. The van der Waals surface area contributed by atoms with Crippen LogP contribution in [0, 0.1) is 0 Å². The van der Waals surface area contributed by atoms with Crippen LogP contribution in [0.5, 0.6) is 5.75 Å². The fraction of sp³-hybridized carbons (Fsp3) is 0.0909. The molecule has 0 aliphatic rings. The fourth-order valence-electron chi connectivity index (χ4n) is 2.54. The van der Waals surface area contributed by atoms with E-state index in [2.05, 4.69) is 10.6 Å². The van der Waals surface area contributed by atoms with Crippen LogP contribution < -0.4 is 15.4 Å². The molecule has 0 fully saturated rings. The normalized spacial score (nSPS) is 10.1. The van der Waals surface area contributed by atoms with Crippen LogP contribution in [0.3, 0.4) is 0 Å². The lowest BCUT2D eigenvalue weighted by molar-refractivity contribution is 0.101. The molecule has 136 valence electrons. The molecule has 5 heteroatoms. The summed E-state index contributed by atoms with van der Waals surface area (Å²) in [5.74, 6) is 0.227. The van der Waals surface area contributed by atoms with Crippen molar-refractivity contribution in [2.24, 2.45) is 0 Å². The maximum atomic E-state index is 12.4. The molecular weight excluding hydrogens is 340 g/mol. The summed E-state index contributed by atoms with van der Waals surface area (Å²) < 4.78 is 5.37. The van der Waals surface area contributed by atoms with Crippen molar-refractivity contribution < 1.29 is 14.3 Å². The second-order valence-electron chi connectivity index (χ2n) is 5.81. The number of anilines is 2. The number of ether oxygens (including phenoxy) is 1. The van der Waals surface area contributed by atoms with E-state index in [1.165, 1.54) is 0 Å². The summed E-state index contributed by atoms with van der Waals surface area (Å²) in [5, 5.41) is 5.63. The van der Waals surface area contributed by atoms with Crippen molar-refractivity contribution in [2.45, 2.75) is 6.92 Å². The van der Waals surface area contributed by atoms with Crippen LogP contribution in [-0.2, 0) is 0 Å². The Hall–Kier alpha value is -3.60. The van der Waals surface area contributed by atoms with Crippen LogP contribution in [0.1, 0.15) is 27.6 Å². The molecule has 3 aromatic rings. The van der Waals surface area contributed by atoms with E-state index in [-0.39, 0.29) is 11.8 Å². The van der Waals surface area contributed by atoms with Crippen molar-refractivity contribution in [3.8, 4) is 5.75 Å². The first-order valence-corrected chi connectivity index (χ1v) is 8.66. The quantitative estimate of drug-likeness (QED) is 0.676. The van der Waals surface area contributed by atoms with E-state index >= 15 is 0 Å². The van der Waals surface area contributed by atoms with Crippen molar-refractivity contribution in [1.29, 1.82) is 0 Å². The molecule has 0 unspecified atom stereocenters. The van der Waals surface area contributed by atoms with Gasteiger partial charge in [0.25, 0.3) is 11.8 Å². The van der Waals surface area contributed by atoms with Crippen LogP contribution in [0.25, 0.3) is 0 Å². The molecule has 5 nitrogen and oxygen atoms in total. The molecule has 27 heavy (non-hydrogen) atoms. The summed E-state index contributed by atoms with van der Waals surface area (Å²) in [7, 11) is 0. The number of rotatable bonds is 6. The fourth-order valence-corrected chi connectivity index (χ4v) is 2.54. The highest BCUT2D eigenvalue weighted by Crippen LogP contribution is 2.16. The summed E-state index contributed by atoms with van der Waals surface area (Å²) >= 11 is 0. The zero-order valence-electron chi connectivity index (χ0n) is 14.9. The van der Waals surface area contributed by atoms with Crippen LogP contribution in [0.4, 0.5) is 11.4 Å².